The van der Waals surface area contributed by atoms with Crippen molar-refractivity contribution in [2.75, 3.05) is 4.90 Å². The van der Waals surface area contributed by atoms with Crippen LogP contribution in [-0.4, -0.2) is 0 Å². The van der Waals surface area contributed by atoms with Crippen LogP contribution < -0.4 is 4.90 Å². The minimum absolute atomic E-state index is 0.119. The molecule has 3 fully saturated rings. The van der Waals surface area contributed by atoms with Gasteiger partial charge in [0.1, 0.15) is 0 Å². The highest BCUT2D eigenvalue weighted by Gasteiger charge is 2.40. The van der Waals surface area contributed by atoms with Crippen molar-refractivity contribution in [1.82, 2.24) is 0 Å². The quantitative estimate of drug-likeness (QED) is 0.166. The Morgan fingerprint density at radius 3 is 2.09 bits per heavy atom. The summed E-state index contributed by atoms with van der Waals surface area (Å²) in [5, 5.41) is 5.31. The van der Waals surface area contributed by atoms with Crippen molar-refractivity contribution in [3.8, 4) is 22.3 Å². The van der Waals surface area contributed by atoms with Crippen LogP contribution in [0.4, 0.5) is 17.1 Å². The Morgan fingerprint density at radius 2 is 1.29 bits per heavy atom. The van der Waals surface area contributed by atoms with Crippen molar-refractivity contribution in [1.29, 1.82) is 0 Å². The van der Waals surface area contributed by atoms with Crippen LogP contribution in [0.2, 0.25) is 0 Å². The summed E-state index contributed by atoms with van der Waals surface area (Å²) in [5.41, 5.74) is 14.8. The summed E-state index contributed by atoms with van der Waals surface area (Å²) in [6.07, 6.45) is 12.2. The van der Waals surface area contributed by atoms with Gasteiger partial charge in [-0.05, 0) is 147 Å². The molecule has 0 aromatic heterocycles. The Bertz CT molecular complexity index is 2580. The highest BCUT2D eigenvalue weighted by Crippen LogP contribution is 2.56. The summed E-state index contributed by atoms with van der Waals surface area (Å²) in [4.78, 5) is 2.66. The lowest BCUT2D eigenvalue weighted by atomic mass is 9.81. The Balaban J connectivity index is 1.18. The summed E-state index contributed by atoms with van der Waals surface area (Å²) in [6, 6.07) is 54.1. The Labute approximate surface area is 327 Å². The van der Waals surface area contributed by atoms with Gasteiger partial charge in [-0.3, -0.25) is 0 Å². The van der Waals surface area contributed by atoms with Crippen LogP contribution in [0.15, 0.2) is 140 Å². The molecule has 4 aliphatic rings. The second-order valence-electron chi connectivity index (χ2n) is 17.9. The fourth-order valence-electron chi connectivity index (χ4n) is 11.7. The highest BCUT2D eigenvalue weighted by atomic mass is 15.1. The van der Waals surface area contributed by atoms with Gasteiger partial charge < -0.3 is 4.90 Å². The summed E-state index contributed by atoms with van der Waals surface area (Å²) in [6.45, 7) is 4.84. The van der Waals surface area contributed by atoms with Crippen LogP contribution in [0.25, 0.3) is 43.8 Å². The smallest absolute Gasteiger partial charge is 0.0543 e. The number of anilines is 3. The van der Waals surface area contributed by atoms with E-state index in [9.17, 15) is 0 Å². The number of fused-ring (bicyclic) bond motifs is 7. The van der Waals surface area contributed by atoms with Crippen molar-refractivity contribution in [3.63, 3.8) is 0 Å². The van der Waals surface area contributed by atoms with Crippen LogP contribution in [0.3, 0.4) is 0 Å². The molecule has 2 bridgehead atoms. The molecule has 11 rings (SSSR count). The first-order valence-electron chi connectivity index (χ1n) is 21.2. The second-order valence-corrected chi connectivity index (χ2v) is 17.9. The van der Waals surface area contributed by atoms with E-state index < -0.39 is 0 Å². The van der Waals surface area contributed by atoms with E-state index in [2.05, 4.69) is 158 Å². The zero-order chi connectivity index (χ0) is 36.7. The van der Waals surface area contributed by atoms with Gasteiger partial charge in [0.25, 0.3) is 0 Å². The zero-order valence-corrected chi connectivity index (χ0v) is 32.4. The Morgan fingerprint density at radius 1 is 0.527 bits per heavy atom. The van der Waals surface area contributed by atoms with E-state index >= 15 is 0 Å². The summed E-state index contributed by atoms with van der Waals surface area (Å²) >= 11 is 0. The standard InChI is InChI=1S/C54H51N/c1-54(2)49-20-9-8-18-45(49)48-33-47(42-25-24-36-12-6-7-15-40(36)32-42)52(34-50(48)54)55(43-28-26-38(27-29-43)46-31-35-22-23-41(46)30-35)51-21-11-17-39-16-10-19-44(53(39)51)37-13-4-3-5-14-37/h6-12,15-21,24-29,32-35,37,41,46H,3-5,13-14,22-23,30-31H2,1-2H3. The van der Waals surface area contributed by atoms with E-state index in [4.69, 9.17) is 0 Å². The molecule has 3 atom stereocenters. The van der Waals surface area contributed by atoms with Gasteiger partial charge in [-0.15, -0.1) is 0 Å². The maximum atomic E-state index is 2.66. The van der Waals surface area contributed by atoms with Crippen LogP contribution in [0.5, 0.6) is 0 Å². The largest absolute Gasteiger partial charge is 0.309 e. The first-order chi connectivity index (χ1) is 27.0. The van der Waals surface area contributed by atoms with Crippen LogP contribution >= 0.6 is 0 Å². The number of hydrogen-bond donors (Lipinski definition) is 0. The lowest BCUT2D eigenvalue weighted by Crippen LogP contribution is -2.18. The van der Waals surface area contributed by atoms with Crippen LogP contribution in [0, 0.1) is 11.8 Å². The molecule has 1 nitrogen and oxygen atoms in total. The van der Waals surface area contributed by atoms with Gasteiger partial charge in [0.05, 0.1) is 11.4 Å². The van der Waals surface area contributed by atoms with Gasteiger partial charge in [-0.25, -0.2) is 0 Å². The van der Waals surface area contributed by atoms with E-state index in [1.165, 1.54) is 141 Å². The summed E-state index contributed by atoms with van der Waals surface area (Å²) in [7, 11) is 0. The highest BCUT2D eigenvalue weighted by molar-refractivity contribution is 6.04. The third-order valence-corrected chi connectivity index (χ3v) is 14.5. The third kappa shape index (κ3) is 5.41. The number of nitrogens with zero attached hydrogens (tertiary/aromatic N) is 1. The number of hydrogen-bond acceptors (Lipinski definition) is 1. The van der Waals surface area contributed by atoms with Crippen molar-refractivity contribution in [2.45, 2.75) is 88.9 Å². The molecule has 0 aliphatic heterocycles. The summed E-state index contributed by atoms with van der Waals surface area (Å²) < 4.78 is 0. The SMILES string of the molecule is CC1(C)c2ccccc2-c2cc(-c3ccc4ccccc4c3)c(N(c3ccc(C4CC5CCC4C5)cc3)c3cccc4cccc(C5CCCCC5)c34)cc21. The van der Waals surface area contributed by atoms with Gasteiger partial charge in [-0.1, -0.05) is 143 Å². The average molecular weight is 714 g/mol. The van der Waals surface area contributed by atoms with E-state index in [0.717, 1.165) is 11.8 Å². The molecule has 0 amide bonds. The van der Waals surface area contributed by atoms with Gasteiger partial charge in [-0.2, -0.15) is 0 Å². The molecule has 55 heavy (non-hydrogen) atoms. The molecule has 4 aliphatic carbocycles. The molecular weight excluding hydrogens is 663 g/mol. The van der Waals surface area contributed by atoms with Gasteiger partial charge in [0.15, 0.2) is 0 Å². The van der Waals surface area contributed by atoms with E-state index in [0.29, 0.717) is 11.8 Å². The molecule has 3 saturated carbocycles. The van der Waals surface area contributed by atoms with E-state index in [1.54, 1.807) is 0 Å². The summed E-state index contributed by atoms with van der Waals surface area (Å²) in [5.74, 6) is 3.10. The number of rotatable bonds is 6. The monoisotopic (exact) mass is 713 g/mol. The lowest BCUT2D eigenvalue weighted by molar-refractivity contribution is 0.420. The molecule has 7 aromatic rings. The molecule has 1 heteroatoms. The average Bonchev–Trinajstić information content (AvgIpc) is 3.94. The minimum atomic E-state index is -0.119. The lowest BCUT2D eigenvalue weighted by Gasteiger charge is -2.33. The first kappa shape index (κ1) is 33.2. The van der Waals surface area contributed by atoms with Gasteiger partial charge >= 0.3 is 0 Å². The number of benzene rings is 7. The zero-order valence-electron chi connectivity index (χ0n) is 32.4. The topological polar surface area (TPSA) is 3.24 Å². The van der Waals surface area contributed by atoms with Crippen molar-refractivity contribution in [2.24, 2.45) is 11.8 Å². The predicted octanol–water partition coefficient (Wildman–Crippen LogP) is 15.4. The molecule has 0 saturated heterocycles. The van der Waals surface area contributed by atoms with Gasteiger partial charge in [0, 0.05) is 22.1 Å². The Hall–Kier alpha value is -5.14. The van der Waals surface area contributed by atoms with E-state index in [-0.39, 0.29) is 5.41 Å². The minimum Gasteiger partial charge on any atom is -0.309 e. The molecule has 272 valence electrons. The van der Waals surface area contributed by atoms with Crippen LogP contribution in [-0.2, 0) is 5.41 Å². The van der Waals surface area contributed by atoms with Gasteiger partial charge in [0.2, 0.25) is 0 Å². The predicted molar refractivity (Wildman–Crippen MR) is 233 cm³/mol. The fourth-order valence-corrected chi connectivity index (χ4v) is 11.7. The molecular formula is C54H51N. The van der Waals surface area contributed by atoms with Crippen molar-refractivity contribution >= 4 is 38.6 Å². The second kappa shape index (κ2) is 13.0. The first-order valence-corrected chi connectivity index (χ1v) is 21.2. The van der Waals surface area contributed by atoms with Crippen molar-refractivity contribution < 1.29 is 0 Å². The van der Waals surface area contributed by atoms with E-state index in [1.807, 2.05) is 0 Å². The molecule has 0 radical (unpaired) electrons. The molecule has 0 N–H and O–H groups in total. The molecule has 3 unspecified atom stereocenters. The maximum Gasteiger partial charge on any atom is 0.0543 e. The Kier molecular flexibility index (Phi) is 7.84. The fraction of sp³-hybridized carbons (Fsp3) is 0.296. The molecule has 0 spiro atoms. The maximum absolute atomic E-state index is 2.66. The van der Waals surface area contributed by atoms with Crippen LogP contribution in [0.1, 0.15) is 106 Å². The molecule has 0 heterocycles. The third-order valence-electron chi connectivity index (χ3n) is 14.5. The van der Waals surface area contributed by atoms with Crippen molar-refractivity contribution in [3.05, 3.63) is 162 Å². The molecule has 7 aromatic carbocycles. The normalized spacial score (nSPS) is 21.2.